The molecular formula is C22H31N3O4. The Morgan fingerprint density at radius 2 is 1.76 bits per heavy atom. The van der Waals surface area contributed by atoms with E-state index in [1.165, 1.54) is 6.20 Å². The minimum absolute atomic E-state index is 0.283. The zero-order chi connectivity index (χ0) is 21.7. The molecule has 2 rings (SSSR count). The van der Waals surface area contributed by atoms with Gasteiger partial charge < -0.3 is 20.5 Å². The van der Waals surface area contributed by atoms with E-state index in [0.29, 0.717) is 36.6 Å². The number of carbonyl (C=O) groups excluding carboxylic acids is 2. The van der Waals surface area contributed by atoms with Crippen molar-refractivity contribution in [2.45, 2.75) is 64.9 Å². The maximum Gasteiger partial charge on any atom is 0.407 e. The van der Waals surface area contributed by atoms with Crippen LogP contribution in [0.2, 0.25) is 0 Å². The summed E-state index contributed by atoms with van der Waals surface area (Å²) in [5, 5.41) is 2.82. The van der Waals surface area contributed by atoms with Gasteiger partial charge in [-0.15, -0.1) is 0 Å². The van der Waals surface area contributed by atoms with Crippen molar-refractivity contribution in [1.29, 1.82) is 0 Å². The van der Waals surface area contributed by atoms with E-state index in [1.807, 2.05) is 58.9 Å². The molecule has 1 aliphatic heterocycles. The van der Waals surface area contributed by atoms with Crippen molar-refractivity contribution in [2.24, 2.45) is 10.7 Å². The third-order valence-electron chi connectivity index (χ3n) is 4.46. The summed E-state index contributed by atoms with van der Waals surface area (Å²) >= 11 is 0. The van der Waals surface area contributed by atoms with Gasteiger partial charge in [-0.05, 0) is 51.3 Å². The molecule has 1 aromatic carbocycles. The normalized spacial score (nSPS) is 14.9. The largest absolute Gasteiger partial charge is 0.444 e. The quantitative estimate of drug-likeness (QED) is 0.783. The molecule has 0 spiro atoms. The molecule has 0 bridgehead atoms. The topological polar surface area (TPSA) is 103 Å². The molecule has 1 heterocycles. The van der Waals surface area contributed by atoms with E-state index >= 15 is 0 Å². The fourth-order valence-electron chi connectivity index (χ4n) is 2.79. The lowest BCUT2D eigenvalue weighted by molar-refractivity contribution is -0.114. The summed E-state index contributed by atoms with van der Waals surface area (Å²) in [5.74, 6) is 0.778. The Kier molecular flexibility index (Phi) is 7.06. The molecule has 0 radical (unpaired) electrons. The summed E-state index contributed by atoms with van der Waals surface area (Å²) in [4.78, 5) is 27.4. The highest BCUT2D eigenvalue weighted by Gasteiger charge is 2.23. The zero-order valence-corrected chi connectivity index (χ0v) is 17.9. The predicted molar refractivity (Wildman–Crippen MR) is 113 cm³/mol. The number of alkyl carbamates (subject to hydrolysis) is 1. The Hall–Kier alpha value is -2.83. The molecule has 29 heavy (non-hydrogen) atoms. The molecule has 0 saturated heterocycles. The Morgan fingerprint density at radius 1 is 1.10 bits per heavy atom. The van der Waals surface area contributed by atoms with Crippen LogP contribution < -0.4 is 15.8 Å². The SMILES string of the molecule is CC(C)(C)OC(=O)NCC(C)(C)c1ccc(OC2=NC=C(C(N)=O)CCC2)cc1. The van der Waals surface area contributed by atoms with Crippen molar-refractivity contribution in [1.82, 2.24) is 5.32 Å². The fraction of sp³-hybridized carbons (Fsp3) is 0.500. The van der Waals surface area contributed by atoms with Gasteiger partial charge in [0.15, 0.2) is 5.90 Å². The highest BCUT2D eigenvalue weighted by Crippen LogP contribution is 2.25. The van der Waals surface area contributed by atoms with Crippen LogP contribution in [0, 0.1) is 0 Å². The van der Waals surface area contributed by atoms with Crippen molar-refractivity contribution in [3.05, 3.63) is 41.6 Å². The van der Waals surface area contributed by atoms with E-state index in [4.69, 9.17) is 15.2 Å². The van der Waals surface area contributed by atoms with Crippen LogP contribution in [0.15, 0.2) is 41.0 Å². The molecule has 0 aromatic heterocycles. The fourth-order valence-corrected chi connectivity index (χ4v) is 2.79. The Bertz CT molecular complexity index is 802. The van der Waals surface area contributed by atoms with Gasteiger partial charge in [-0.3, -0.25) is 4.79 Å². The summed E-state index contributed by atoms with van der Waals surface area (Å²) in [6.07, 6.45) is 3.06. The second kappa shape index (κ2) is 9.11. The molecule has 0 saturated carbocycles. The summed E-state index contributed by atoms with van der Waals surface area (Å²) in [7, 11) is 0. The highest BCUT2D eigenvalue weighted by atomic mass is 16.6. The number of primary amides is 1. The maximum atomic E-state index is 11.9. The van der Waals surface area contributed by atoms with Gasteiger partial charge in [0.05, 0.1) is 0 Å². The van der Waals surface area contributed by atoms with E-state index in [-0.39, 0.29) is 5.41 Å². The molecule has 7 nitrogen and oxygen atoms in total. The van der Waals surface area contributed by atoms with Crippen LogP contribution in [0.3, 0.4) is 0 Å². The number of nitrogens with zero attached hydrogens (tertiary/aromatic N) is 1. The number of rotatable bonds is 5. The number of nitrogens with one attached hydrogen (secondary N) is 1. The van der Waals surface area contributed by atoms with Crippen molar-refractivity contribution < 1.29 is 19.1 Å². The molecular weight excluding hydrogens is 370 g/mol. The van der Waals surface area contributed by atoms with Crippen LogP contribution in [0.4, 0.5) is 4.79 Å². The van der Waals surface area contributed by atoms with Gasteiger partial charge in [0.2, 0.25) is 5.91 Å². The third-order valence-corrected chi connectivity index (χ3v) is 4.46. The molecule has 3 N–H and O–H groups in total. The first-order valence-corrected chi connectivity index (χ1v) is 9.77. The smallest absolute Gasteiger partial charge is 0.407 e. The zero-order valence-electron chi connectivity index (χ0n) is 17.9. The maximum absolute atomic E-state index is 11.9. The van der Waals surface area contributed by atoms with Gasteiger partial charge in [0.1, 0.15) is 11.4 Å². The lowest BCUT2D eigenvalue weighted by Crippen LogP contribution is -2.39. The summed E-state index contributed by atoms with van der Waals surface area (Å²) in [6.45, 7) is 10.0. The van der Waals surface area contributed by atoms with Gasteiger partial charge in [-0.1, -0.05) is 26.0 Å². The second-order valence-electron chi connectivity index (χ2n) is 8.76. The molecule has 0 fully saturated rings. The first-order valence-electron chi connectivity index (χ1n) is 9.77. The Labute approximate surface area is 172 Å². The van der Waals surface area contributed by atoms with Crippen LogP contribution in [0.5, 0.6) is 5.75 Å². The first-order chi connectivity index (χ1) is 13.5. The number of hydrogen-bond acceptors (Lipinski definition) is 5. The minimum atomic E-state index is -0.526. The molecule has 0 atom stereocenters. The summed E-state index contributed by atoms with van der Waals surface area (Å²) < 4.78 is 11.1. The lowest BCUT2D eigenvalue weighted by Gasteiger charge is -2.27. The average Bonchev–Trinajstić information content (AvgIpc) is 2.85. The highest BCUT2D eigenvalue weighted by molar-refractivity contribution is 5.92. The van der Waals surface area contributed by atoms with Crippen molar-refractivity contribution in [2.75, 3.05) is 6.54 Å². The molecule has 1 aromatic rings. The number of benzene rings is 1. The molecule has 158 valence electrons. The van der Waals surface area contributed by atoms with E-state index in [2.05, 4.69) is 10.3 Å². The van der Waals surface area contributed by atoms with E-state index in [0.717, 1.165) is 12.0 Å². The molecule has 1 aliphatic rings. The van der Waals surface area contributed by atoms with Gasteiger partial charge >= 0.3 is 6.09 Å². The van der Waals surface area contributed by atoms with Gasteiger partial charge in [-0.25, -0.2) is 9.79 Å². The number of hydrogen-bond donors (Lipinski definition) is 2. The van der Waals surface area contributed by atoms with Gasteiger partial charge in [-0.2, -0.15) is 0 Å². The number of amides is 2. The Balaban J connectivity index is 1.98. The third kappa shape index (κ3) is 7.25. The van der Waals surface area contributed by atoms with Crippen LogP contribution >= 0.6 is 0 Å². The van der Waals surface area contributed by atoms with Crippen LogP contribution in [0.25, 0.3) is 0 Å². The Morgan fingerprint density at radius 3 is 2.34 bits per heavy atom. The van der Waals surface area contributed by atoms with Crippen LogP contribution in [-0.4, -0.2) is 30.0 Å². The predicted octanol–water partition coefficient (Wildman–Crippen LogP) is 3.82. The van der Waals surface area contributed by atoms with Crippen molar-refractivity contribution in [3.8, 4) is 5.75 Å². The summed E-state index contributed by atoms with van der Waals surface area (Å²) in [6, 6.07) is 7.68. The van der Waals surface area contributed by atoms with E-state index in [1.54, 1.807) is 0 Å². The van der Waals surface area contributed by atoms with Gasteiger partial charge in [0.25, 0.3) is 0 Å². The molecule has 0 aliphatic carbocycles. The summed E-state index contributed by atoms with van der Waals surface area (Å²) in [5.41, 5.74) is 6.07. The molecule has 7 heteroatoms. The second-order valence-corrected chi connectivity index (χ2v) is 8.76. The number of nitrogens with two attached hydrogens (primary N) is 1. The van der Waals surface area contributed by atoms with E-state index < -0.39 is 17.6 Å². The number of aliphatic imine (C=N–C) groups is 1. The first kappa shape index (κ1) is 22.5. The standard InChI is InChI=1S/C22H31N3O4/c1-21(2,3)29-20(27)25-14-22(4,5)16-9-11-17(12-10-16)28-18-8-6-7-15(13-24-18)19(23)26/h9-13H,6-8,14H2,1-5H3,(H2,23,26)(H,25,27). The monoisotopic (exact) mass is 401 g/mol. The van der Waals surface area contributed by atoms with Gasteiger partial charge in [0, 0.05) is 30.2 Å². The van der Waals surface area contributed by atoms with Crippen molar-refractivity contribution >= 4 is 17.9 Å². The van der Waals surface area contributed by atoms with Crippen LogP contribution in [-0.2, 0) is 14.9 Å². The van der Waals surface area contributed by atoms with Crippen LogP contribution in [0.1, 0.15) is 59.4 Å². The number of carbonyl (C=O) groups is 2. The average molecular weight is 402 g/mol. The minimum Gasteiger partial charge on any atom is -0.444 e. The molecule has 0 unspecified atom stereocenters. The molecule has 2 amide bonds. The van der Waals surface area contributed by atoms with Crippen molar-refractivity contribution in [3.63, 3.8) is 0 Å². The number of ether oxygens (including phenoxy) is 2. The van der Waals surface area contributed by atoms with E-state index in [9.17, 15) is 9.59 Å². The lowest BCUT2D eigenvalue weighted by atomic mass is 9.84.